The molecule has 1 saturated heterocycles. The van der Waals surface area contributed by atoms with E-state index in [4.69, 9.17) is 4.98 Å². The molecule has 1 fully saturated rings. The molecule has 3 heterocycles. The van der Waals surface area contributed by atoms with Gasteiger partial charge in [-0.3, -0.25) is 9.78 Å². The van der Waals surface area contributed by atoms with Crippen molar-refractivity contribution in [2.24, 2.45) is 5.92 Å². The van der Waals surface area contributed by atoms with Gasteiger partial charge in [-0.05, 0) is 56.1 Å². The zero-order valence-corrected chi connectivity index (χ0v) is 15.9. The Hall–Kier alpha value is -3.01. The van der Waals surface area contributed by atoms with Crippen LogP contribution in [0.5, 0.6) is 0 Å². The molecule has 1 N–H and O–H groups in total. The topological polar surface area (TPSA) is 94.8 Å². The summed E-state index contributed by atoms with van der Waals surface area (Å²) in [6, 6.07) is 4.38. The first-order valence-electron chi connectivity index (χ1n) is 9.96. The van der Waals surface area contributed by atoms with Crippen molar-refractivity contribution >= 4 is 11.7 Å². The Kier molecular flexibility index (Phi) is 5.47. The minimum absolute atomic E-state index is 0.199. The van der Waals surface area contributed by atoms with Gasteiger partial charge in [-0.25, -0.2) is 9.97 Å². The number of amides is 1. The van der Waals surface area contributed by atoms with E-state index in [-0.39, 0.29) is 5.91 Å². The SMILES string of the molecule is N#Cc1cc2c(nc1N1CCCC(CNC(=O)c3cnccn3)C1)CCCC2. The number of rotatable bonds is 4. The van der Waals surface area contributed by atoms with Crippen LogP contribution in [0.2, 0.25) is 0 Å². The summed E-state index contributed by atoms with van der Waals surface area (Å²) in [4.78, 5) is 27.3. The van der Waals surface area contributed by atoms with Gasteiger partial charge in [0.2, 0.25) is 0 Å². The van der Waals surface area contributed by atoms with Gasteiger partial charge in [0, 0.05) is 37.7 Å². The highest BCUT2D eigenvalue weighted by molar-refractivity contribution is 5.91. The zero-order valence-electron chi connectivity index (χ0n) is 15.9. The van der Waals surface area contributed by atoms with Crippen LogP contribution in [0, 0.1) is 17.2 Å². The molecule has 4 rings (SSSR count). The fraction of sp³-hybridized carbons (Fsp3) is 0.476. The molecule has 2 aromatic heterocycles. The number of piperidine rings is 1. The number of hydrogen-bond acceptors (Lipinski definition) is 6. The van der Waals surface area contributed by atoms with E-state index in [0.717, 1.165) is 50.3 Å². The van der Waals surface area contributed by atoms with Gasteiger partial charge in [0.25, 0.3) is 5.91 Å². The third-order valence-corrected chi connectivity index (χ3v) is 5.57. The van der Waals surface area contributed by atoms with Crippen LogP contribution in [0.25, 0.3) is 0 Å². The molecule has 1 aliphatic carbocycles. The van der Waals surface area contributed by atoms with E-state index >= 15 is 0 Å². The summed E-state index contributed by atoms with van der Waals surface area (Å²) in [5, 5.41) is 12.6. The smallest absolute Gasteiger partial charge is 0.271 e. The van der Waals surface area contributed by atoms with Gasteiger partial charge in [0.15, 0.2) is 0 Å². The Morgan fingerprint density at radius 3 is 3.00 bits per heavy atom. The van der Waals surface area contributed by atoms with E-state index in [9.17, 15) is 10.1 Å². The maximum Gasteiger partial charge on any atom is 0.271 e. The number of nitriles is 1. The lowest BCUT2D eigenvalue weighted by atomic mass is 9.94. The van der Waals surface area contributed by atoms with Crippen molar-refractivity contribution in [1.82, 2.24) is 20.3 Å². The molecular weight excluding hydrogens is 352 g/mol. The molecule has 144 valence electrons. The molecule has 2 aliphatic rings. The van der Waals surface area contributed by atoms with Crippen LogP contribution in [0.4, 0.5) is 5.82 Å². The molecule has 1 amide bonds. The number of nitrogens with one attached hydrogen (secondary N) is 1. The summed E-state index contributed by atoms with van der Waals surface area (Å²) in [7, 11) is 0. The molecule has 7 nitrogen and oxygen atoms in total. The predicted octanol–water partition coefficient (Wildman–Crippen LogP) is 2.27. The van der Waals surface area contributed by atoms with E-state index < -0.39 is 0 Å². The van der Waals surface area contributed by atoms with Crippen LogP contribution < -0.4 is 10.2 Å². The molecule has 0 aromatic carbocycles. The molecule has 0 bridgehead atoms. The molecule has 7 heteroatoms. The van der Waals surface area contributed by atoms with Crippen molar-refractivity contribution in [3.63, 3.8) is 0 Å². The quantitative estimate of drug-likeness (QED) is 0.880. The van der Waals surface area contributed by atoms with Crippen molar-refractivity contribution in [2.75, 3.05) is 24.5 Å². The lowest BCUT2D eigenvalue weighted by Crippen LogP contribution is -2.42. The lowest BCUT2D eigenvalue weighted by molar-refractivity contribution is 0.0940. The summed E-state index contributed by atoms with van der Waals surface area (Å²) in [5.74, 6) is 0.932. The number of anilines is 1. The second-order valence-corrected chi connectivity index (χ2v) is 7.54. The minimum Gasteiger partial charge on any atom is -0.355 e. The molecule has 0 radical (unpaired) electrons. The van der Waals surface area contributed by atoms with Gasteiger partial charge in [0.1, 0.15) is 17.6 Å². The summed E-state index contributed by atoms with van der Waals surface area (Å²) in [6.45, 7) is 2.27. The Morgan fingerprint density at radius 2 is 2.18 bits per heavy atom. The first-order chi connectivity index (χ1) is 13.7. The van der Waals surface area contributed by atoms with Gasteiger partial charge in [-0.15, -0.1) is 0 Å². The largest absolute Gasteiger partial charge is 0.355 e. The molecule has 1 unspecified atom stereocenters. The van der Waals surface area contributed by atoms with E-state index in [1.165, 1.54) is 30.8 Å². The summed E-state index contributed by atoms with van der Waals surface area (Å²) in [5.41, 5.74) is 3.39. The average molecular weight is 376 g/mol. The van der Waals surface area contributed by atoms with Crippen LogP contribution >= 0.6 is 0 Å². The van der Waals surface area contributed by atoms with Gasteiger partial charge in [0.05, 0.1) is 11.8 Å². The number of aromatic nitrogens is 3. The molecule has 1 atom stereocenters. The van der Waals surface area contributed by atoms with Crippen molar-refractivity contribution in [3.8, 4) is 6.07 Å². The third kappa shape index (κ3) is 3.96. The average Bonchev–Trinajstić information content (AvgIpc) is 2.77. The minimum atomic E-state index is -0.199. The van der Waals surface area contributed by atoms with Crippen molar-refractivity contribution in [3.05, 3.63) is 47.2 Å². The number of fused-ring (bicyclic) bond motifs is 1. The third-order valence-electron chi connectivity index (χ3n) is 5.57. The highest BCUT2D eigenvalue weighted by Gasteiger charge is 2.25. The highest BCUT2D eigenvalue weighted by atomic mass is 16.1. The molecule has 28 heavy (non-hydrogen) atoms. The monoisotopic (exact) mass is 376 g/mol. The first-order valence-corrected chi connectivity index (χ1v) is 9.96. The van der Waals surface area contributed by atoms with Crippen molar-refractivity contribution in [1.29, 1.82) is 5.26 Å². The molecule has 0 spiro atoms. The lowest BCUT2D eigenvalue weighted by Gasteiger charge is -2.34. The maximum atomic E-state index is 12.2. The molecular formula is C21H24N6O. The van der Waals surface area contributed by atoms with Crippen molar-refractivity contribution in [2.45, 2.75) is 38.5 Å². The summed E-state index contributed by atoms with van der Waals surface area (Å²) >= 11 is 0. The van der Waals surface area contributed by atoms with Crippen LogP contribution in [-0.2, 0) is 12.8 Å². The Labute approximate surface area is 164 Å². The van der Waals surface area contributed by atoms with Gasteiger partial charge < -0.3 is 10.2 Å². The standard InChI is InChI=1S/C21H24N6O/c22-11-17-10-16-5-1-2-6-18(16)26-20(17)27-9-3-4-15(14-27)12-25-21(28)19-13-23-7-8-24-19/h7-8,10,13,15H,1-6,9,12,14H2,(H,25,28). The van der Waals surface area contributed by atoms with Crippen LogP contribution in [0.3, 0.4) is 0 Å². The number of hydrogen-bond donors (Lipinski definition) is 1. The van der Waals surface area contributed by atoms with Crippen molar-refractivity contribution < 1.29 is 4.79 Å². The maximum absolute atomic E-state index is 12.2. The van der Waals surface area contributed by atoms with Gasteiger partial charge in [-0.1, -0.05) is 0 Å². The molecule has 0 saturated carbocycles. The fourth-order valence-corrected chi connectivity index (χ4v) is 4.11. The van der Waals surface area contributed by atoms with E-state index in [1.54, 1.807) is 6.20 Å². The van der Waals surface area contributed by atoms with Gasteiger partial charge in [-0.2, -0.15) is 5.26 Å². The second kappa shape index (κ2) is 8.34. The van der Waals surface area contributed by atoms with Crippen LogP contribution in [0.1, 0.15) is 53.0 Å². The van der Waals surface area contributed by atoms with E-state index in [1.807, 2.05) is 6.07 Å². The summed E-state index contributed by atoms with van der Waals surface area (Å²) < 4.78 is 0. The van der Waals surface area contributed by atoms with Gasteiger partial charge >= 0.3 is 0 Å². The summed E-state index contributed by atoms with van der Waals surface area (Å²) in [6.07, 6.45) is 11.0. The van der Waals surface area contributed by atoms with Crippen LogP contribution in [-0.4, -0.2) is 40.5 Å². The number of nitrogens with zero attached hydrogens (tertiary/aromatic N) is 5. The number of pyridine rings is 1. The number of aryl methyl sites for hydroxylation is 2. The predicted molar refractivity (Wildman–Crippen MR) is 105 cm³/mol. The number of carbonyl (C=O) groups excluding carboxylic acids is 1. The molecule has 1 aliphatic heterocycles. The zero-order chi connectivity index (χ0) is 19.3. The highest BCUT2D eigenvalue weighted by Crippen LogP contribution is 2.29. The van der Waals surface area contributed by atoms with E-state index in [0.29, 0.717) is 23.7 Å². The number of carbonyl (C=O) groups is 1. The normalized spacial score (nSPS) is 18.8. The first kappa shape index (κ1) is 18.4. The Morgan fingerprint density at radius 1 is 1.29 bits per heavy atom. The fourth-order valence-electron chi connectivity index (χ4n) is 4.11. The van der Waals surface area contributed by atoms with E-state index in [2.05, 4.69) is 26.3 Å². The second-order valence-electron chi connectivity index (χ2n) is 7.54. The molecule has 2 aromatic rings. The van der Waals surface area contributed by atoms with Crippen LogP contribution in [0.15, 0.2) is 24.7 Å². The Balaban J connectivity index is 1.44. The Bertz CT molecular complexity index is 892.